The van der Waals surface area contributed by atoms with E-state index in [1.54, 1.807) is 28.0 Å². The molecule has 26 heavy (non-hydrogen) atoms. The summed E-state index contributed by atoms with van der Waals surface area (Å²) in [6.45, 7) is 0. The highest BCUT2D eigenvalue weighted by Crippen LogP contribution is 2.24. The molecule has 0 saturated carbocycles. The first-order valence-corrected chi connectivity index (χ1v) is 9.50. The Morgan fingerprint density at radius 1 is 1.19 bits per heavy atom. The largest absolute Gasteiger partial charge is 0.325 e. The fourth-order valence-corrected chi connectivity index (χ4v) is 3.69. The van der Waals surface area contributed by atoms with Gasteiger partial charge in [-0.05, 0) is 41.8 Å². The number of anilines is 1. The molecule has 0 radical (unpaired) electrons. The number of aromatic nitrogens is 4. The number of nitrogens with zero attached hydrogens (tertiary/aromatic N) is 4. The lowest BCUT2D eigenvalue weighted by molar-refractivity contribution is -0.113. The maximum absolute atomic E-state index is 13.2. The van der Waals surface area contributed by atoms with Crippen molar-refractivity contribution in [3.05, 3.63) is 59.7 Å². The van der Waals surface area contributed by atoms with Crippen molar-refractivity contribution in [2.75, 3.05) is 11.1 Å². The van der Waals surface area contributed by atoms with Crippen molar-refractivity contribution in [3.8, 4) is 10.6 Å². The van der Waals surface area contributed by atoms with E-state index in [0.29, 0.717) is 16.5 Å². The number of halogens is 1. The predicted molar refractivity (Wildman–Crippen MR) is 99.8 cm³/mol. The van der Waals surface area contributed by atoms with E-state index in [2.05, 4.69) is 20.6 Å². The fourth-order valence-electron chi connectivity index (χ4n) is 2.31. The minimum atomic E-state index is -0.399. The average molecular weight is 385 g/mol. The summed E-state index contributed by atoms with van der Waals surface area (Å²) in [5.74, 6) is -0.543. The van der Waals surface area contributed by atoms with Gasteiger partial charge in [0.1, 0.15) is 11.5 Å². The number of rotatable bonds is 5. The monoisotopic (exact) mass is 385 g/mol. The minimum absolute atomic E-state index is 0.113. The molecule has 3 heterocycles. The van der Waals surface area contributed by atoms with Crippen LogP contribution in [0.2, 0.25) is 0 Å². The highest BCUT2D eigenvalue weighted by molar-refractivity contribution is 7.99. The molecule has 130 valence electrons. The van der Waals surface area contributed by atoms with Gasteiger partial charge in [0, 0.05) is 5.69 Å². The highest BCUT2D eigenvalue weighted by atomic mass is 32.2. The van der Waals surface area contributed by atoms with Gasteiger partial charge in [-0.1, -0.05) is 23.9 Å². The molecule has 1 amide bonds. The number of fused-ring (bicyclic) bond motifs is 1. The van der Waals surface area contributed by atoms with Crippen LogP contribution in [0.15, 0.2) is 59.1 Å². The summed E-state index contributed by atoms with van der Waals surface area (Å²) in [4.78, 5) is 13.1. The number of thiophene rings is 1. The van der Waals surface area contributed by atoms with E-state index in [9.17, 15) is 9.18 Å². The zero-order chi connectivity index (χ0) is 17.9. The summed E-state index contributed by atoms with van der Waals surface area (Å²) >= 11 is 2.81. The van der Waals surface area contributed by atoms with Crippen molar-refractivity contribution in [2.45, 2.75) is 5.16 Å². The fraction of sp³-hybridized carbons (Fsp3) is 0.0588. The third-order valence-corrected chi connectivity index (χ3v) is 5.26. The molecule has 0 bridgehead atoms. The molecule has 0 aliphatic rings. The number of amides is 1. The van der Waals surface area contributed by atoms with Crippen molar-refractivity contribution >= 4 is 40.3 Å². The Hall–Kier alpha value is -2.78. The molecule has 9 heteroatoms. The third-order valence-electron chi connectivity index (χ3n) is 3.45. The molecule has 4 aromatic rings. The lowest BCUT2D eigenvalue weighted by atomic mass is 10.3. The summed E-state index contributed by atoms with van der Waals surface area (Å²) in [5, 5.41) is 17.9. The average Bonchev–Trinajstić information content (AvgIpc) is 3.29. The van der Waals surface area contributed by atoms with Crippen LogP contribution in [0.25, 0.3) is 16.2 Å². The lowest BCUT2D eigenvalue weighted by Gasteiger charge is -2.04. The van der Waals surface area contributed by atoms with Crippen molar-refractivity contribution in [2.24, 2.45) is 0 Å². The van der Waals surface area contributed by atoms with Gasteiger partial charge < -0.3 is 5.32 Å². The molecule has 0 fully saturated rings. The van der Waals surface area contributed by atoms with Crippen LogP contribution in [0.1, 0.15) is 0 Å². The molecular formula is C17H12FN5OS2. The number of benzene rings is 1. The van der Waals surface area contributed by atoms with Gasteiger partial charge in [-0.2, -0.15) is 9.61 Å². The molecule has 6 nitrogen and oxygen atoms in total. The highest BCUT2D eigenvalue weighted by Gasteiger charge is 2.12. The SMILES string of the molecule is O=C(CSc1nnc2ccc(-c3cccs3)nn12)Nc1cccc(F)c1. The number of hydrogen-bond acceptors (Lipinski definition) is 6. The molecule has 0 atom stereocenters. The first-order chi connectivity index (χ1) is 12.7. The van der Waals surface area contributed by atoms with Crippen LogP contribution >= 0.6 is 23.1 Å². The quantitative estimate of drug-likeness (QED) is 0.530. The molecule has 1 aromatic carbocycles. The Bertz CT molecular complexity index is 1060. The number of carbonyl (C=O) groups is 1. The number of thioether (sulfide) groups is 1. The van der Waals surface area contributed by atoms with Gasteiger partial charge in [0.15, 0.2) is 5.65 Å². The first kappa shape index (κ1) is 16.7. The maximum Gasteiger partial charge on any atom is 0.234 e. The Labute approximate surface area is 156 Å². The van der Waals surface area contributed by atoms with E-state index >= 15 is 0 Å². The van der Waals surface area contributed by atoms with Gasteiger partial charge in [0.2, 0.25) is 11.1 Å². The topological polar surface area (TPSA) is 72.2 Å². The summed E-state index contributed by atoms with van der Waals surface area (Å²) in [6, 6.07) is 13.4. The van der Waals surface area contributed by atoms with Crippen molar-refractivity contribution in [3.63, 3.8) is 0 Å². The van der Waals surface area contributed by atoms with Crippen LogP contribution in [0.5, 0.6) is 0 Å². The second kappa shape index (κ2) is 7.22. The van der Waals surface area contributed by atoms with E-state index in [1.165, 1.54) is 23.9 Å². The van der Waals surface area contributed by atoms with E-state index < -0.39 is 5.82 Å². The predicted octanol–water partition coefficient (Wildman–Crippen LogP) is 3.72. The second-order valence-electron chi connectivity index (χ2n) is 5.30. The van der Waals surface area contributed by atoms with Crippen LogP contribution < -0.4 is 5.32 Å². The summed E-state index contributed by atoms with van der Waals surface area (Å²) in [5.41, 5.74) is 1.84. The van der Waals surface area contributed by atoms with Crippen LogP contribution in [-0.2, 0) is 4.79 Å². The molecular weight excluding hydrogens is 373 g/mol. The van der Waals surface area contributed by atoms with Gasteiger partial charge in [-0.3, -0.25) is 4.79 Å². The smallest absolute Gasteiger partial charge is 0.234 e. The Morgan fingerprint density at radius 3 is 2.92 bits per heavy atom. The van der Waals surface area contributed by atoms with Crippen molar-refractivity contribution < 1.29 is 9.18 Å². The molecule has 0 spiro atoms. The minimum Gasteiger partial charge on any atom is -0.325 e. The summed E-state index contributed by atoms with van der Waals surface area (Å²) in [6.07, 6.45) is 0. The van der Waals surface area contributed by atoms with Crippen LogP contribution in [-0.4, -0.2) is 31.5 Å². The zero-order valence-corrected chi connectivity index (χ0v) is 14.9. The maximum atomic E-state index is 13.2. The van der Waals surface area contributed by atoms with E-state index in [4.69, 9.17) is 0 Å². The Morgan fingerprint density at radius 2 is 2.12 bits per heavy atom. The second-order valence-corrected chi connectivity index (χ2v) is 7.19. The molecule has 4 rings (SSSR count). The van der Waals surface area contributed by atoms with Crippen molar-refractivity contribution in [1.29, 1.82) is 0 Å². The van der Waals surface area contributed by atoms with Gasteiger partial charge in [0.25, 0.3) is 0 Å². The molecule has 0 aliphatic heterocycles. The van der Waals surface area contributed by atoms with Gasteiger partial charge in [-0.25, -0.2) is 4.39 Å². The van der Waals surface area contributed by atoms with E-state index in [1.807, 2.05) is 29.6 Å². The summed E-state index contributed by atoms with van der Waals surface area (Å²) < 4.78 is 14.8. The van der Waals surface area contributed by atoms with Crippen LogP contribution in [0.4, 0.5) is 10.1 Å². The summed E-state index contributed by atoms with van der Waals surface area (Å²) in [7, 11) is 0. The molecule has 0 saturated heterocycles. The zero-order valence-electron chi connectivity index (χ0n) is 13.3. The molecule has 3 aromatic heterocycles. The van der Waals surface area contributed by atoms with Crippen LogP contribution in [0.3, 0.4) is 0 Å². The molecule has 1 N–H and O–H groups in total. The molecule has 0 aliphatic carbocycles. The van der Waals surface area contributed by atoms with Gasteiger partial charge >= 0.3 is 0 Å². The van der Waals surface area contributed by atoms with Gasteiger partial charge in [-0.15, -0.1) is 21.5 Å². The third kappa shape index (κ3) is 3.58. The molecule has 0 unspecified atom stereocenters. The Balaban J connectivity index is 1.48. The van der Waals surface area contributed by atoms with E-state index in [0.717, 1.165) is 10.6 Å². The van der Waals surface area contributed by atoms with Crippen LogP contribution in [0, 0.1) is 5.82 Å². The standard InChI is InChI=1S/C17H12FN5OS2/c18-11-3-1-4-12(9-11)19-16(24)10-26-17-21-20-15-7-6-13(22-23(15)17)14-5-2-8-25-14/h1-9H,10H2,(H,19,24). The number of carbonyl (C=O) groups excluding carboxylic acids is 1. The van der Waals surface area contributed by atoms with E-state index in [-0.39, 0.29) is 11.7 Å². The normalized spacial score (nSPS) is 11.0. The van der Waals surface area contributed by atoms with Gasteiger partial charge in [0.05, 0.1) is 10.6 Å². The Kier molecular flexibility index (Phi) is 4.63. The number of nitrogens with one attached hydrogen (secondary N) is 1. The van der Waals surface area contributed by atoms with Crippen molar-refractivity contribution in [1.82, 2.24) is 19.8 Å². The lowest BCUT2D eigenvalue weighted by Crippen LogP contribution is -2.14. The number of hydrogen-bond donors (Lipinski definition) is 1. The first-order valence-electron chi connectivity index (χ1n) is 7.63.